The number of hydrogen-bond acceptors (Lipinski definition) is 6. The van der Waals surface area contributed by atoms with Crippen LogP contribution in [0.1, 0.15) is 85.4 Å². The Morgan fingerprint density at radius 2 is 1.59 bits per heavy atom. The number of piperidine rings is 1. The second-order valence-corrected chi connectivity index (χ2v) is 11.9. The fraction of sp³-hybridized carbons (Fsp3) is 0.389. The van der Waals surface area contributed by atoms with Crippen molar-refractivity contribution in [3.63, 3.8) is 0 Å². The summed E-state index contributed by atoms with van der Waals surface area (Å²) in [5.74, 6) is 5.68. The third-order valence-corrected chi connectivity index (χ3v) is 7.35. The summed E-state index contributed by atoms with van der Waals surface area (Å²) in [5.41, 5.74) is 4.02. The topological polar surface area (TPSA) is 89.0 Å². The number of esters is 1. The Balaban J connectivity index is 1.52. The molecule has 230 valence electrons. The van der Waals surface area contributed by atoms with Crippen molar-refractivity contribution in [2.45, 2.75) is 71.6 Å². The number of unbranched alkanes of at least 4 members (excludes halogenated alkanes) is 1. The summed E-state index contributed by atoms with van der Waals surface area (Å²) in [6.45, 7) is 9.05. The van der Waals surface area contributed by atoms with E-state index in [0.717, 1.165) is 35.1 Å². The van der Waals surface area contributed by atoms with Gasteiger partial charge in [-0.15, -0.1) is 0 Å². The van der Waals surface area contributed by atoms with Gasteiger partial charge >= 0.3 is 12.1 Å². The van der Waals surface area contributed by atoms with Gasteiger partial charge in [0, 0.05) is 43.9 Å². The number of carbonyl (C=O) groups excluding carboxylic acids is 3. The van der Waals surface area contributed by atoms with E-state index in [1.54, 1.807) is 29.3 Å². The van der Waals surface area contributed by atoms with Crippen molar-refractivity contribution in [1.82, 2.24) is 14.8 Å². The summed E-state index contributed by atoms with van der Waals surface area (Å²) in [6.07, 6.45) is 4.40. The third-order valence-electron chi connectivity index (χ3n) is 7.35. The van der Waals surface area contributed by atoms with Gasteiger partial charge in [-0.25, -0.2) is 14.6 Å². The molecule has 1 aliphatic rings. The van der Waals surface area contributed by atoms with Crippen LogP contribution < -0.4 is 0 Å². The lowest BCUT2D eigenvalue weighted by atomic mass is 10.00. The molecule has 0 radical (unpaired) electrons. The molecule has 0 bridgehead atoms. The molecule has 2 amide bonds. The summed E-state index contributed by atoms with van der Waals surface area (Å²) in [7, 11) is 1.36. The third kappa shape index (κ3) is 8.70. The molecule has 8 nitrogen and oxygen atoms in total. The average molecular weight is 596 g/mol. The molecule has 0 N–H and O–H groups in total. The Hall–Kier alpha value is -4.64. The maximum Gasteiger partial charge on any atom is 0.410 e. The maximum atomic E-state index is 13.9. The van der Waals surface area contributed by atoms with E-state index in [0.29, 0.717) is 43.7 Å². The van der Waals surface area contributed by atoms with Gasteiger partial charge in [0.15, 0.2) is 0 Å². The van der Waals surface area contributed by atoms with Crippen molar-refractivity contribution in [3.05, 3.63) is 89.2 Å². The van der Waals surface area contributed by atoms with Gasteiger partial charge in [0.05, 0.1) is 12.7 Å². The molecule has 1 fully saturated rings. The van der Waals surface area contributed by atoms with E-state index in [9.17, 15) is 14.4 Å². The molecule has 0 spiro atoms. The Morgan fingerprint density at radius 1 is 0.955 bits per heavy atom. The largest absolute Gasteiger partial charge is 0.465 e. The lowest BCUT2D eigenvalue weighted by Gasteiger charge is -2.39. The van der Waals surface area contributed by atoms with Gasteiger partial charge in [-0.2, -0.15) is 0 Å². The van der Waals surface area contributed by atoms with Crippen LogP contribution in [0.15, 0.2) is 66.9 Å². The molecule has 3 aromatic rings. The molecule has 44 heavy (non-hydrogen) atoms. The monoisotopic (exact) mass is 595 g/mol. The van der Waals surface area contributed by atoms with Gasteiger partial charge < -0.3 is 19.3 Å². The zero-order chi connectivity index (χ0) is 31.7. The molecule has 0 aliphatic carbocycles. The number of nitrogens with zero attached hydrogens (tertiary/aromatic N) is 3. The normalized spacial score (nSPS) is 13.4. The number of rotatable bonds is 7. The van der Waals surface area contributed by atoms with Crippen LogP contribution in [0.3, 0.4) is 0 Å². The summed E-state index contributed by atoms with van der Waals surface area (Å²) in [6, 6.07) is 18.8. The number of amides is 2. The smallest absolute Gasteiger partial charge is 0.410 e. The predicted molar refractivity (Wildman–Crippen MR) is 170 cm³/mol. The molecule has 1 aliphatic heterocycles. The van der Waals surface area contributed by atoms with Crippen molar-refractivity contribution < 1.29 is 23.9 Å². The van der Waals surface area contributed by atoms with Crippen molar-refractivity contribution in [2.24, 2.45) is 0 Å². The van der Waals surface area contributed by atoms with Crippen LogP contribution in [0.25, 0.3) is 11.1 Å². The number of likely N-dealkylation sites (tertiary alicyclic amines) is 1. The second-order valence-electron chi connectivity index (χ2n) is 11.9. The summed E-state index contributed by atoms with van der Waals surface area (Å²) < 4.78 is 10.4. The fourth-order valence-electron chi connectivity index (χ4n) is 5.00. The Morgan fingerprint density at radius 3 is 2.14 bits per heavy atom. The van der Waals surface area contributed by atoms with E-state index in [1.807, 2.05) is 68.1 Å². The number of carbonyl (C=O) groups is 3. The van der Waals surface area contributed by atoms with Gasteiger partial charge in [0.25, 0.3) is 5.91 Å². The Bertz CT molecular complexity index is 1490. The molecule has 2 heterocycles. The SMILES string of the molecule is CCCC#Cc1ccc(C(=O)N(Cc2ccc(-c3ccc(C(=O)OC)cc3)cc2)C2CCN(C(=O)OC(C)(C)C)CC2)nc1. The van der Waals surface area contributed by atoms with Gasteiger partial charge in [0.2, 0.25) is 0 Å². The first-order chi connectivity index (χ1) is 21.1. The standard InChI is InChI=1S/C36H41N3O5/c1-6-7-8-9-26-12-19-32(37-24-26)33(40)39(31-20-22-38(23-21-31)35(42)44-36(2,3)4)25-27-10-13-28(14-11-27)29-15-17-30(18-16-29)34(41)43-5/h10-19,24,31H,6-7,20-23,25H2,1-5H3. The second kappa shape index (κ2) is 14.7. The number of aromatic nitrogens is 1. The Labute approximate surface area is 260 Å². The molecule has 8 heteroatoms. The van der Waals surface area contributed by atoms with E-state index in [2.05, 4.69) is 23.7 Å². The van der Waals surface area contributed by atoms with Crippen LogP contribution in [0.2, 0.25) is 0 Å². The fourth-order valence-corrected chi connectivity index (χ4v) is 5.00. The lowest BCUT2D eigenvalue weighted by Crippen LogP contribution is -2.49. The van der Waals surface area contributed by atoms with E-state index < -0.39 is 5.60 Å². The highest BCUT2D eigenvalue weighted by Gasteiger charge is 2.32. The summed E-state index contributed by atoms with van der Waals surface area (Å²) in [4.78, 5) is 46.4. The lowest BCUT2D eigenvalue weighted by molar-refractivity contribution is 0.0141. The zero-order valence-electron chi connectivity index (χ0n) is 26.3. The van der Waals surface area contributed by atoms with Gasteiger partial charge in [-0.3, -0.25) is 4.79 Å². The van der Waals surface area contributed by atoms with Gasteiger partial charge in [-0.1, -0.05) is 55.2 Å². The van der Waals surface area contributed by atoms with Crippen LogP contribution in [-0.4, -0.2) is 64.6 Å². The highest BCUT2D eigenvalue weighted by atomic mass is 16.6. The summed E-state index contributed by atoms with van der Waals surface area (Å²) in [5, 5.41) is 0. The van der Waals surface area contributed by atoms with Crippen LogP contribution >= 0.6 is 0 Å². The average Bonchev–Trinajstić information content (AvgIpc) is 3.03. The highest BCUT2D eigenvalue weighted by molar-refractivity contribution is 5.92. The van der Waals surface area contributed by atoms with Crippen LogP contribution in [0.5, 0.6) is 0 Å². The van der Waals surface area contributed by atoms with Gasteiger partial charge in [0.1, 0.15) is 11.3 Å². The molecule has 2 aromatic carbocycles. The quantitative estimate of drug-likeness (QED) is 0.222. The van der Waals surface area contributed by atoms with Crippen LogP contribution in [0.4, 0.5) is 4.79 Å². The van der Waals surface area contributed by atoms with Crippen LogP contribution in [0, 0.1) is 11.8 Å². The zero-order valence-corrected chi connectivity index (χ0v) is 26.3. The van der Waals surface area contributed by atoms with Crippen molar-refractivity contribution >= 4 is 18.0 Å². The number of pyridine rings is 1. The number of methoxy groups -OCH3 is 1. The molecule has 0 unspecified atom stereocenters. The number of benzene rings is 2. The van der Waals surface area contributed by atoms with Crippen molar-refractivity contribution in [2.75, 3.05) is 20.2 Å². The maximum absolute atomic E-state index is 13.9. The summed E-state index contributed by atoms with van der Waals surface area (Å²) >= 11 is 0. The Kier molecular flexibility index (Phi) is 10.8. The minimum atomic E-state index is -0.565. The van der Waals surface area contributed by atoms with E-state index in [1.165, 1.54) is 7.11 Å². The molecule has 1 saturated heterocycles. The highest BCUT2D eigenvalue weighted by Crippen LogP contribution is 2.25. The first-order valence-corrected chi connectivity index (χ1v) is 15.1. The van der Waals surface area contributed by atoms with E-state index in [4.69, 9.17) is 9.47 Å². The molecule has 1 aromatic heterocycles. The van der Waals surface area contributed by atoms with Crippen molar-refractivity contribution in [1.29, 1.82) is 0 Å². The first kappa shape index (κ1) is 32.3. The first-order valence-electron chi connectivity index (χ1n) is 15.1. The molecule has 4 rings (SSSR count). The molecule has 0 atom stereocenters. The predicted octanol–water partition coefficient (Wildman–Crippen LogP) is 6.73. The van der Waals surface area contributed by atoms with E-state index in [-0.39, 0.29) is 24.0 Å². The minimum Gasteiger partial charge on any atom is -0.465 e. The van der Waals surface area contributed by atoms with Crippen LogP contribution in [-0.2, 0) is 16.0 Å². The minimum absolute atomic E-state index is 0.0717. The molecular weight excluding hydrogens is 554 g/mol. The number of hydrogen-bond donors (Lipinski definition) is 0. The van der Waals surface area contributed by atoms with Crippen molar-refractivity contribution in [3.8, 4) is 23.0 Å². The van der Waals surface area contributed by atoms with E-state index >= 15 is 0 Å². The molecule has 0 saturated carbocycles. The molecular formula is C36H41N3O5. The van der Waals surface area contributed by atoms with Gasteiger partial charge in [-0.05, 0) is 81.0 Å². The number of ether oxygens (including phenoxy) is 2.